The van der Waals surface area contributed by atoms with Crippen molar-refractivity contribution in [3.05, 3.63) is 23.5 Å². The Hall–Kier alpha value is -1.78. The second kappa shape index (κ2) is 5.47. The predicted octanol–water partition coefficient (Wildman–Crippen LogP) is 2.13. The molecule has 4 N–H and O–H groups in total. The average Bonchev–Trinajstić information content (AvgIpc) is 3.12. The molecule has 1 aromatic rings. The summed E-state index contributed by atoms with van der Waals surface area (Å²) < 4.78 is 14.1. The van der Waals surface area contributed by atoms with Gasteiger partial charge in [0.1, 0.15) is 5.82 Å². The first kappa shape index (κ1) is 13.6. The van der Waals surface area contributed by atoms with Gasteiger partial charge in [0.15, 0.2) is 0 Å². The van der Waals surface area contributed by atoms with Crippen molar-refractivity contribution in [1.29, 1.82) is 0 Å². The molecule has 1 amide bonds. The van der Waals surface area contributed by atoms with Crippen LogP contribution in [0.2, 0.25) is 0 Å². The van der Waals surface area contributed by atoms with Crippen LogP contribution in [0.5, 0.6) is 0 Å². The number of anilines is 2. The Bertz CT molecular complexity index is 486. The van der Waals surface area contributed by atoms with Crippen LogP contribution in [-0.2, 0) is 0 Å². The number of benzene rings is 1. The number of halogens is 1. The highest BCUT2D eigenvalue weighted by Crippen LogP contribution is 2.33. The van der Waals surface area contributed by atoms with E-state index < -0.39 is 11.7 Å². The summed E-state index contributed by atoms with van der Waals surface area (Å²) in [5.41, 5.74) is 11.6. The van der Waals surface area contributed by atoms with Crippen molar-refractivity contribution in [2.24, 2.45) is 11.7 Å². The van der Waals surface area contributed by atoms with Crippen LogP contribution < -0.4 is 16.4 Å². The number of carbonyl (C=O) groups excluding carboxylic acids is 1. The number of nitrogens with zero attached hydrogens (tertiary/aromatic N) is 1. The van der Waals surface area contributed by atoms with Crippen molar-refractivity contribution < 1.29 is 9.18 Å². The highest BCUT2D eigenvalue weighted by atomic mass is 19.1. The molecule has 1 aliphatic rings. The maximum absolute atomic E-state index is 14.1. The minimum absolute atomic E-state index is 0.0941. The zero-order valence-corrected chi connectivity index (χ0v) is 11.2. The standard InChI is InChI=1S/C14H20FN3O/c1-2-5-18(8-9-3-4-9)13-6-10(14(17)19)12(16)7-11(13)15/h6-7,9H,2-5,8,16H2,1H3,(H2,17,19). The molecule has 0 aliphatic heterocycles. The molecule has 1 aromatic carbocycles. The van der Waals surface area contributed by atoms with Gasteiger partial charge in [0.25, 0.3) is 5.91 Å². The molecule has 19 heavy (non-hydrogen) atoms. The molecule has 0 radical (unpaired) electrons. The minimum Gasteiger partial charge on any atom is -0.398 e. The number of hydrogen-bond acceptors (Lipinski definition) is 3. The first-order chi connectivity index (χ1) is 9.02. The fourth-order valence-electron chi connectivity index (χ4n) is 2.23. The molecule has 1 saturated carbocycles. The smallest absolute Gasteiger partial charge is 0.250 e. The second-order valence-electron chi connectivity index (χ2n) is 5.14. The number of primary amides is 1. The van der Waals surface area contributed by atoms with Crippen molar-refractivity contribution in [2.75, 3.05) is 23.7 Å². The lowest BCUT2D eigenvalue weighted by Crippen LogP contribution is -2.28. The number of carbonyl (C=O) groups is 1. The molecule has 0 aromatic heterocycles. The Morgan fingerprint density at radius 3 is 2.68 bits per heavy atom. The molecule has 104 valence electrons. The van der Waals surface area contributed by atoms with Crippen molar-refractivity contribution in [1.82, 2.24) is 0 Å². The SMILES string of the molecule is CCCN(CC1CC1)c1cc(C(N)=O)c(N)cc1F. The summed E-state index contributed by atoms with van der Waals surface area (Å²) in [5.74, 6) is -0.376. The Balaban J connectivity index is 2.33. The van der Waals surface area contributed by atoms with E-state index in [2.05, 4.69) is 0 Å². The predicted molar refractivity (Wildman–Crippen MR) is 74.6 cm³/mol. The van der Waals surface area contributed by atoms with E-state index >= 15 is 0 Å². The maximum atomic E-state index is 14.1. The van der Waals surface area contributed by atoms with Crippen LogP contribution in [0.15, 0.2) is 12.1 Å². The molecule has 0 bridgehead atoms. The summed E-state index contributed by atoms with van der Waals surface area (Å²) in [6.07, 6.45) is 3.31. The Kier molecular flexibility index (Phi) is 3.93. The number of hydrogen-bond donors (Lipinski definition) is 2. The van der Waals surface area contributed by atoms with Gasteiger partial charge in [0.2, 0.25) is 0 Å². The number of nitrogen functional groups attached to an aromatic ring is 1. The zero-order chi connectivity index (χ0) is 14.0. The largest absolute Gasteiger partial charge is 0.398 e. The van der Waals surface area contributed by atoms with Gasteiger partial charge < -0.3 is 16.4 Å². The summed E-state index contributed by atoms with van der Waals surface area (Å²) >= 11 is 0. The van der Waals surface area contributed by atoms with E-state index in [-0.39, 0.29) is 11.3 Å². The normalized spacial score (nSPS) is 14.4. The van der Waals surface area contributed by atoms with Gasteiger partial charge in [-0.3, -0.25) is 4.79 Å². The van der Waals surface area contributed by atoms with Crippen LogP contribution >= 0.6 is 0 Å². The summed E-state index contributed by atoms with van der Waals surface area (Å²) in [4.78, 5) is 13.3. The van der Waals surface area contributed by atoms with Crippen molar-refractivity contribution in [3.63, 3.8) is 0 Å². The molecule has 0 heterocycles. The molecular formula is C14H20FN3O. The highest BCUT2D eigenvalue weighted by Gasteiger charge is 2.26. The highest BCUT2D eigenvalue weighted by molar-refractivity contribution is 5.99. The molecule has 1 fully saturated rings. The van der Waals surface area contributed by atoms with Crippen LogP contribution in [0.1, 0.15) is 36.5 Å². The lowest BCUT2D eigenvalue weighted by Gasteiger charge is -2.25. The lowest BCUT2D eigenvalue weighted by molar-refractivity contribution is 0.100. The Labute approximate surface area is 112 Å². The molecule has 0 atom stereocenters. The monoisotopic (exact) mass is 265 g/mol. The fraction of sp³-hybridized carbons (Fsp3) is 0.500. The van der Waals surface area contributed by atoms with E-state index in [1.807, 2.05) is 11.8 Å². The van der Waals surface area contributed by atoms with Crippen LogP contribution in [0.4, 0.5) is 15.8 Å². The van der Waals surface area contributed by atoms with Crippen LogP contribution in [-0.4, -0.2) is 19.0 Å². The Morgan fingerprint density at radius 1 is 1.47 bits per heavy atom. The fourth-order valence-corrected chi connectivity index (χ4v) is 2.23. The quantitative estimate of drug-likeness (QED) is 0.774. The van der Waals surface area contributed by atoms with Crippen molar-refractivity contribution >= 4 is 17.3 Å². The van der Waals surface area contributed by atoms with Crippen LogP contribution in [0.3, 0.4) is 0 Å². The second-order valence-corrected chi connectivity index (χ2v) is 5.14. The Morgan fingerprint density at radius 2 is 2.16 bits per heavy atom. The van der Waals surface area contributed by atoms with E-state index in [0.29, 0.717) is 11.6 Å². The maximum Gasteiger partial charge on any atom is 0.250 e. The summed E-state index contributed by atoms with van der Waals surface area (Å²) in [7, 11) is 0. The van der Waals surface area contributed by atoms with Gasteiger partial charge in [-0.05, 0) is 37.3 Å². The summed E-state index contributed by atoms with van der Waals surface area (Å²) in [6.45, 7) is 3.63. The average molecular weight is 265 g/mol. The number of rotatable bonds is 6. The molecule has 0 unspecified atom stereocenters. The van der Waals surface area contributed by atoms with E-state index in [0.717, 1.165) is 19.5 Å². The minimum atomic E-state index is -0.623. The number of nitrogens with two attached hydrogens (primary N) is 2. The van der Waals surface area contributed by atoms with Gasteiger partial charge in [-0.2, -0.15) is 0 Å². The van der Waals surface area contributed by atoms with E-state index in [4.69, 9.17) is 11.5 Å². The van der Waals surface area contributed by atoms with Crippen LogP contribution in [0, 0.1) is 11.7 Å². The zero-order valence-electron chi connectivity index (χ0n) is 11.2. The van der Waals surface area contributed by atoms with E-state index in [9.17, 15) is 9.18 Å². The van der Waals surface area contributed by atoms with Gasteiger partial charge in [-0.15, -0.1) is 0 Å². The van der Waals surface area contributed by atoms with Gasteiger partial charge in [0.05, 0.1) is 11.3 Å². The first-order valence-corrected chi connectivity index (χ1v) is 6.66. The summed E-state index contributed by atoms with van der Waals surface area (Å²) in [6, 6.07) is 2.66. The van der Waals surface area contributed by atoms with Crippen molar-refractivity contribution in [2.45, 2.75) is 26.2 Å². The van der Waals surface area contributed by atoms with E-state index in [1.54, 1.807) is 0 Å². The first-order valence-electron chi connectivity index (χ1n) is 6.66. The molecule has 0 spiro atoms. The van der Waals surface area contributed by atoms with E-state index in [1.165, 1.54) is 25.0 Å². The molecule has 1 aliphatic carbocycles. The van der Waals surface area contributed by atoms with Crippen molar-refractivity contribution in [3.8, 4) is 0 Å². The third-order valence-electron chi connectivity index (χ3n) is 3.39. The van der Waals surface area contributed by atoms with Crippen LogP contribution in [0.25, 0.3) is 0 Å². The molecule has 2 rings (SSSR count). The summed E-state index contributed by atoms with van der Waals surface area (Å²) in [5, 5.41) is 0. The topological polar surface area (TPSA) is 72.3 Å². The third-order valence-corrected chi connectivity index (χ3v) is 3.39. The van der Waals surface area contributed by atoms with Gasteiger partial charge in [-0.25, -0.2) is 4.39 Å². The molecule has 0 saturated heterocycles. The lowest BCUT2D eigenvalue weighted by atomic mass is 10.1. The van der Waals surface area contributed by atoms with Gasteiger partial charge >= 0.3 is 0 Å². The van der Waals surface area contributed by atoms with Gasteiger partial charge in [-0.1, -0.05) is 6.92 Å². The third kappa shape index (κ3) is 3.16. The number of amides is 1. The molecule has 4 nitrogen and oxygen atoms in total. The molecule has 5 heteroatoms. The van der Waals surface area contributed by atoms with Gasteiger partial charge in [0, 0.05) is 18.8 Å². The molecular weight excluding hydrogens is 245 g/mol.